The van der Waals surface area contributed by atoms with Crippen molar-refractivity contribution in [3.05, 3.63) is 113 Å². The third-order valence-electron chi connectivity index (χ3n) is 7.80. The molecule has 2 amide bonds. The third kappa shape index (κ3) is 6.42. The predicted octanol–water partition coefficient (Wildman–Crippen LogP) is 5.62. The van der Waals surface area contributed by atoms with Crippen LogP contribution in [0.3, 0.4) is 0 Å². The molecule has 1 aliphatic heterocycles. The molecule has 5 rings (SSSR count). The molecular formula is C33H29F5N6O2. The van der Waals surface area contributed by atoms with E-state index in [0.717, 1.165) is 12.1 Å². The molecule has 8 nitrogen and oxygen atoms in total. The highest BCUT2D eigenvalue weighted by Crippen LogP contribution is 2.44. The van der Waals surface area contributed by atoms with Gasteiger partial charge in [-0.25, -0.2) is 13.5 Å². The van der Waals surface area contributed by atoms with Crippen LogP contribution in [0.1, 0.15) is 45.6 Å². The first kappa shape index (κ1) is 32.2. The number of hydrogen-bond acceptors (Lipinski definition) is 5. The Labute approximate surface area is 261 Å². The van der Waals surface area contributed by atoms with Crippen molar-refractivity contribution < 1.29 is 31.5 Å². The van der Waals surface area contributed by atoms with Crippen LogP contribution < -0.4 is 10.2 Å². The van der Waals surface area contributed by atoms with Crippen LogP contribution >= 0.6 is 0 Å². The van der Waals surface area contributed by atoms with E-state index >= 15 is 0 Å². The number of carbonyl (C=O) groups is 2. The Hall–Kier alpha value is -5.25. The molecule has 238 valence electrons. The number of carbonyl (C=O) groups excluding carboxylic acids is 2. The second kappa shape index (κ2) is 13.4. The number of para-hydroxylation sites is 1. The molecule has 13 heteroatoms. The van der Waals surface area contributed by atoms with Gasteiger partial charge in [0.1, 0.15) is 24.4 Å². The van der Waals surface area contributed by atoms with Crippen molar-refractivity contribution in [3.63, 3.8) is 0 Å². The number of benzene rings is 3. The van der Waals surface area contributed by atoms with E-state index in [1.54, 1.807) is 35.9 Å². The number of nitrogens with zero attached hydrogens (tertiary/aromatic N) is 5. The van der Waals surface area contributed by atoms with Gasteiger partial charge in [-0.15, -0.1) is 0 Å². The van der Waals surface area contributed by atoms with Gasteiger partial charge in [0.15, 0.2) is 6.19 Å². The zero-order chi connectivity index (χ0) is 33.0. The number of aromatic nitrogens is 2. The minimum atomic E-state index is -4.69. The fourth-order valence-corrected chi connectivity index (χ4v) is 5.65. The number of alkyl halides is 4. The SMILES string of the molecule is CCN1C(=O)C(NC(=O)c2cccc(C(F)(F)F)c2)C(c2ccc(F)cc2)c2c(CCN(C#N)CCF)nn(-c3ccccc3)c21. The lowest BCUT2D eigenvalue weighted by atomic mass is 9.80. The highest BCUT2D eigenvalue weighted by atomic mass is 19.4. The minimum absolute atomic E-state index is 0.0934. The Kier molecular flexibility index (Phi) is 9.36. The van der Waals surface area contributed by atoms with Gasteiger partial charge in [0.25, 0.3) is 11.8 Å². The zero-order valence-electron chi connectivity index (χ0n) is 24.6. The van der Waals surface area contributed by atoms with Crippen LogP contribution in [-0.2, 0) is 17.4 Å². The summed E-state index contributed by atoms with van der Waals surface area (Å²) in [5.41, 5.74) is 0.674. The van der Waals surface area contributed by atoms with E-state index in [9.17, 15) is 36.8 Å². The van der Waals surface area contributed by atoms with E-state index in [2.05, 4.69) is 5.32 Å². The highest BCUT2D eigenvalue weighted by Gasteiger charge is 2.46. The van der Waals surface area contributed by atoms with Crippen LogP contribution in [0.5, 0.6) is 0 Å². The van der Waals surface area contributed by atoms with Crippen LogP contribution in [0, 0.1) is 17.3 Å². The minimum Gasteiger partial charge on any atom is -0.339 e. The summed E-state index contributed by atoms with van der Waals surface area (Å²) in [4.78, 5) is 30.4. The summed E-state index contributed by atoms with van der Waals surface area (Å²) in [7, 11) is 0. The lowest BCUT2D eigenvalue weighted by Gasteiger charge is -2.38. The maximum atomic E-state index is 14.3. The number of nitrogens with one attached hydrogen (secondary N) is 1. The van der Waals surface area contributed by atoms with Crippen molar-refractivity contribution in [3.8, 4) is 11.9 Å². The van der Waals surface area contributed by atoms with Crippen molar-refractivity contribution >= 4 is 17.6 Å². The van der Waals surface area contributed by atoms with Crippen LogP contribution in [0.4, 0.5) is 27.8 Å². The molecular weight excluding hydrogens is 607 g/mol. The number of halogens is 5. The maximum absolute atomic E-state index is 14.3. The monoisotopic (exact) mass is 636 g/mol. The first-order valence-electron chi connectivity index (χ1n) is 14.5. The average molecular weight is 637 g/mol. The Balaban J connectivity index is 1.69. The molecule has 0 fully saturated rings. The molecule has 1 aliphatic rings. The van der Waals surface area contributed by atoms with E-state index < -0.39 is 48.0 Å². The van der Waals surface area contributed by atoms with Gasteiger partial charge < -0.3 is 10.2 Å². The molecule has 4 aromatic rings. The lowest BCUT2D eigenvalue weighted by molar-refractivity contribution is -0.137. The summed E-state index contributed by atoms with van der Waals surface area (Å²) >= 11 is 0. The smallest absolute Gasteiger partial charge is 0.339 e. The van der Waals surface area contributed by atoms with Gasteiger partial charge in [-0.1, -0.05) is 36.4 Å². The molecule has 0 radical (unpaired) electrons. The van der Waals surface area contributed by atoms with Gasteiger partial charge in [0, 0.05) is 36.6 Å². The second-order valence-corrected chi connectivity index (χ2v) is 10.6. The Morgan fingerprint density at radius 3 is 2.39 bits per heavy atom. The molecule has 0 saturated carbocycles. The van der Waals surface area contributed by atoms with E-state index in [1.165, 1.54) is 40.1 Å². The van der Waals surface area contributed by atoms with Crippen molar-refractivity contribution in [2.75, 3.05) is 31.2 Å². The van der Waals surface area contributed by atoms with Gasteiger partial charge >= 0.3 is 6.18 Å². The normalized spacial score (nSPS) is 16.1. The van der Waals surface area contributed by atoms with Gasteiger partial charge in [0.2, 0.25) is 0 Å². The number of amides is 2. The molecule has 2 heterocycles. The first-order valence-corrected chi connectivity index (χ1v) is 14.5. The molecule has 0 aliphatic carbocycles. The number of likely N-dealkylation sites (N-methyl/N-ethyl adjacent to an activating group) is 1. The summed E-state index contributed by atoms with van der Waals surface area (Å²) in [6.07, 6.45) is -2.59. The van der Waals surface area contributed by atoms with Crippen molar-refractivity contribution in [1.82, 2.24) is 20.0 Å². The lowest BCUT2D eigenvalue weighted by Crippen LogP contribution is -2.55. The summed E-state index contributed by atoms with van der Waals surface area (Å²) < 4.78 is 69.1. The summed E-state index contributed by atoms with van der Waals surface area (Å²) in [5.74, 6) is -2.57. The standard InChI is InChI=1S/C33H29F5N6O2/c1-2-43-31-28(26(15-17-42(20-39)18-16-34)41-44(31)25-9-4-3-5-10-25)27(21-11-13-24(35)14-12-21)29(32(43)46)40-30(45)22-7-6-8-23(19-22)33(36,37)38/h3-14,19,27,29H,2,15-18H2,1H3,(H,40,45). The number of anilines is 1. The Morgan fingerprint density at radius 2 is 1.76 bits per heavy atom. The van der Waals surface area contributed by atoms with Crippen LogP contribution in [0.25, 0.3) is 5.69 Å². The van der Waals surface area contributed by atoms with E-state index in [4.69, 9.17) is 5.10 Å². The third-order valence-corrected chi connectivity index (χ3v) is 7.80. The maximum Gasteiger partial charge on any atom is 0.416 e. The van der Waals surface area contributed by atoms with Crippen molar-refractivity contribution in [2.24, 2.45) is 0 Å². The molecule has 3 aromatic carbocycles. The number of hydrogen-bond donors (Lipinski definition) is 1. The van der Waals surface area contributed by atoms with Gasteiger partial charge in [-0.2, -0.15) is 23.5 Å². The van der Waals surface area contributed by atoms with Crippen molar-refractivity contribution in [2.45, 2.75) is 31.5 Å². The molecule has 0 spiro atoms. The number of nitriles is 1. The fraction of sp³-hybridized carbons (Fsp3) is 0.273. The summed E-state index contributed by atoms with van der Waals surface area (Å²) in [6.45, 7) is 1.09. The molecule has 0 bridgehead atoms. The van der Waals surface area contributed by atoms with E-state index in [-0.39, 0.29) is 31.6 Å². The second-order valence-electron chi connectivity index (χ2n) is 10.6. The summed E-state index contributed by atoms with van der Waals surface area (Å²) in [5, 5.41) is 17.0. The summed E-state index contributed by atoms with van der Waals surface area (Å²) in [6, 6.07) is 16.9. The number of fused-ring (bicyclic) bond motifs is 1. The topological polar surface area (TPSA) is 94.3 Å². The van der Waals surface area contributed by atoms with Crippen molar-refractivity contribution in [1.29, 1.82) is 5.26 Å². The molecule has 2 atom stereocenters. The van der Waals surface area contributed by atoms with E-state index in [1.807, 2.05) is 12.3 Å². The number of rotatable bonds is 10. The molecule has 1 aromatic heterocycles. The highest BCUT2D eigenvalue weighted by molar-refractivity contribution is 6.05. The van der Waals surface area contributed by atoms with Gasteiger partial charge in [-0.3, -0.25) is 14.5 Å². The van der Waals surface area contributed by atoms with E-state index in [0.29, 0.717) is 34.4 Å². The Bertz CT molecular complexity index is 1750. The largest absolute Gasteiger partial charge is 0.416 e. The van der Waals surface area contributed by atoms with Gasteiger partial charge in [-0.05, 0) is 55.0 Å². The average Bonchev–Trinajstić information content (AvgIpc) is 3.42. The zero-order valence-corrected chi connectivity index (χ0v) is 24.6. The van der Waals surface area contributed by atoms with Gasteiger partial charge in [0.05, 0.1) is 23.5 Å². The van der Waals surface area contributed by atoms with Crippen LogP contribution in [-0.4, -0.2) is 58.8 Å². The Morgan fingerprint density at radius 1 is 1.04 bits per heavy atom. The quantitative estimate of drug-likeness (QED) is 0.139. The molecule has 2 unspecified atom stereocenters. The molecule has 46 heavy (non-hydrogen) atoms. The molecule has 0 saturated heterocycles. The predicted molar refractivity (Wildman–Crippen MR) is 159 cm³/mol. The first-order chi connectivity index (χ1) is 22.1. The molecule has 1 N–H and O–H groups in total. The van der Waals surface area contributed by atoms with Crippen LogP contribution in [0.2, 0.25) is 0 Å². The van der Waals surface area contributed by atoms with Crippen LogP contribution in [0.15, 0.2) is 78.9 Å². The fourth-order valence-electron chi connectivity index (χ4n) is 5.65.